The van der Waals surface area contributed by atoms with Gasteiger partial charge in [-0.1, -0.05) is 27.4 Å². The Balaban J connectivity index is 2.40. The van der Waals surface area contributed by atoms with E-state index in [1.165, 1.54) is 0 Å². The predicted octanol–water partition coefficient (Wildman–Crippen LogP) is 6.18. The van der Waals surface area contributed by atoms with E-state index >= 15 is 0 Å². The van der Waals surface area contributed by atoms with Gasteiger partial charge < -0.3 is 32.9 Å². The standard InChI is InChI=1S/C36H70N2O11SSi2/c1-30(2)33(40)47-21-20-45-17-13-23-51(8,9)49-52(10,11)24-14-18-48-34(41)37-29-36(5)27-31(26-35(3,4)28-36)25-32(39)46-19-16-38(6,7)15-12-22-50(42,43)44/h31H,1,12-29H2,2-11H3,(H-,37,41,42,43,44)/p+1. The Morgan fingerprint density at radius 3 is 2.08 bits per heavy atom. The van der Waals surface area contributed by atoms with Gasteiger partial charge in [-0.15, -0.1) is 0 Å². The smallest absolute Gasteiger partial charge is 0.407 e. The first kappa shape index (κ1) is 48.2. The summed E-state index contributed by atoms with van der Waals surface area (Å²) in [6.07, 6.45) is 4.41. The maximum atomic E-state index is 12.8. The van der Waals surface area contributed by atoms with Crippen LogP contribution in [-0.2, 0) is 42.8 Å². The molecular formula is C36H71N2O11SSi2+. The zero-order valence-corrected chi connectivity index (χ0v) is 36.7. The lowest BCUT2D eigenvalue weighted by molar-refractivity contribution is -0.890. The van der Waals surface area contributed by atoms with E-state index in [2.05, 4.69) is 58.9 Å². The largest absolute Gasteiger partial charge is 0.460 e. The molecule has 1 saturated carbocycles. The van der Waals surface area contributed by atoms with E-state index in [0.29, 0.717) is 62.4 Å². The maximum Gasteiger partial charge on any atom is 0.407 e. The fourth-order valence-corrected chi connectivity index (χ4v) is 16.8. The molecule has 0 aliphatic heterocycles. The number of hydrogen-bond acceptors (Lipinski definition) is 10. The second kappa shape index (κ2) is 21.3. The molecule has 2 unspecified atom stereocenters. The third-order valence-corrected chi connectivity index (χ3v) is 17.7. The Labute approximate surface area is 316 Å². The van der Waals surface area contributed by atoms with Crippen LogP contribution in [0.15, 0.2) is 12.2 Å². The number of hydrogen-bond donors (Lipinski definition) is 2. The van der Waals surface area contributed by atoms with Gasteiger partial charge in [-0.2, -0.15) is 8.42 Å². The summed E-state index contributed by atoms with van der Waals surface area (Å²) in [6.45, 7) is 23.9. The number of esters is 2. The molecule has 0 radical (unpaired) electrons. The van der Waals surface area contributed by atoms with E-state index in [0.717, 1.165) is 44.2 Å². The summed E-state index contributed by atoms with van der Waals surface area (Å²) in [7, 11) is -3.99. The Kier molecular flexibility index (Phi) is 19.8. The molecule has 0 bridgehead atoms. The van der Waals surface area contributed by atoms with Gasteiger partial charge in [-0.05, 0) is 94.1 Å². The van der Waals surface area contributed by atoms with Gasteiger partial charge in [0.25, 0.3) is 10.1 Å². The van der Waals surface area contributed by atoms with Crippen molar-refractivity contribution in [1.29, 1.82) is 0 Å². The summed E-state index contributed by atoms with van der Waals surface area (Å²) >= 11 is 0. The minimum absolute atomic E-state index is 0.00303. The zero-order chi connectivity index (χ0) is 39.9. The molecule has 1 aliphatic rings. The molecule has 1 amide bonds. The third kappa shape index (κ3) is 23.1. The first-order valence-corrected chi connectivity index (χ1v) is 26.5. The van der Waals surface area contributed by atoms with Crippen molar-refractivity contribution in [2.24, 2.45) is 16.7 Å². The van der Waals surface area contributed by atoms with Crippen LogP contribution in [0.25, 0.3) is 0 Å². The summed E-state index contributed by atoms with van der Waals surface area (Å²) < 4.78 is 59.9. The van der Waals surface area contributed by atoms with Gasteiger partial charge in [-0.25, -0.2) is 9.59 Å². The van der Waals surface area contributed by atoms with Gasteiger partial charge in [0.05, 0.1) is 39.6 Å². The number of ether oxygens (including phenoxy) is 4. The summed E-state index contributed by atoms with van der Waals surface area (Å²) in [5, 5.41) is 2.98. The summed E-state index contributed by atoms with van der Waals surface area (Å²) in [6, 6.07) is 1.85. The van der Waals surface area contributed by atoms with Crippen LogP contribution in [0.5, 0.6) is 0 Å². The molecule has 0 aromatic rings. The summed E-state index contributed by atoms with van der Waals surface area (Å²) in [4.78, 5) is 36.9. The van der Waals surface area contributed by atoms with E-state index in [9.17, 15) is 22.8 Å². The first-order valence-electron chi connectivity index (χ1n) is 18.7. The second-order valence-electron chi connectivity index (χ2n) is 17.7. The molecule has 2 atom stereocenters. The quantitative estimate of drug-likeness (QED) is 0.0207. The number of carbonyl (C=O) groups is 3. The number of nitrogens with one attached hydrogen (secondary N) is 1. The number of rotatable bonds is 25. The minimum atomic E-state index is -3.99. The Hall–Kier alpha value is -1.83. The van der Waals surface area contributed by atoms with E-state index in [1.807, 2.05) is 14.1 Å². The second-order valence-corrected chi connectivity index (χ2v) is 28.1. The van der Waals surface area contributed by atoms with Crippen molar-refractivity contribution >= 4 is 44.8 Å². The Bertz CT molecular complexity index is 1270. The molecule has 304 valence electrons. The van der Waals surface area contributed by atoms with Crippen molar-refractivity contribution in [2.45, 2.75) is 111 Å². The van der Waals surface area contributed by atoms with Gasteiger partial charge in [0.15, 0.2) is 16.6 Å². The van der Waals surface area contributed by atoms with Crippen molar-refractivity contribution in [3.05, 3.63) is 12.2 Å². The fraction of sp³-hybridized carbons (Fsp3) is 0.861. The van der Waals surface area contributed by atoms with Crippen LogP contribution in [0.4, 0.5) is 4.79 Å². The topological polar surface area (TPSA) is 164 Å². The van der Waals surface area contributed by atoms with Gasteiger partial charge in [0.2, 0.25) is 0 Å². The van der Waals surface area contributed by atoms with Crippen molar-refractivity contribution in [3.63, 3.8) is 0 Å². The molecule has 0 aromatic heterocycles. The van der Waals surface area contributed by atoms with Crippen molar-refractivity contribution in [3.8, 4) is 0 Å². The van der Waals surface area contributed by atoms with Crippen LogP contribution in [0, 0.1) is 16.7 Å². The van der Waals surface area contributed by atoms with Gasteiger partial charge in [0, 0.05) is 31.6 Å². The molecule has 1 aliphatic carbocycles. The van der Waals surface area contributed by atoms with Crippen LogP contribution in [0.1, 0.15) is 72.6 Å². The predicted molar refractivity (Wildman–Crippen MR) is 209 cm³/mol. The lowest BCUT2D eigenvalue weighted by Crippen LogP contribution is -2.45. The number of amides is 1. The molecule has 2 N–H and O–H groups in total. The van der Waals surface area contributed by atoms with Gasteiger partial charge in [0.1, 0.15) is 19.8 Å². The molecule has 1 fully saturated rings. The number of likely N-dealkylation sites (N-methyl/N-ethyl adjacent to an activating group) is 1. The van der Waals surface area contributed by atoms with Gasteiger partial charge >= 0.3 is 18.0 Å². The highest BCUT2D eigenvalue weighted by atomic mass is 32.2. The van der Waals surface area contributed by atoms with E-state index in [-0.39, 0.29) is 41.7 Å². The highest BCUT2D eigenvalue weighted by Crippen LogP contribution is 2.49. The Morgan fingerprint density at radius 2 is 1.48 bits per heavy atom. The highest BCUT2D eigenvalue weighted by Gasteiger charge is 2.42. The molecule has 0 spiro atoms. The van der Waals surface area contributed by atoms with Crippen molar-refractivity contribution in [1.82, 2.24) is 5.32 Å². The summed E-state index contributed by atoms with van der Waals surface area (Å²) in [5.74, 6) is -0.810. The lowest BCUT2D eigenvalue weighted by Gasteiger charge is -2.46. The average molecular weight is 796 g/mol. The molecule has 1 rings (SSSR count). The van der Waals surface area contributed by atoms with Crippen LogP contribution in [0.2, 0.25) is 38.3 Å². The third-order valence-electron chi connectivity index (χ3n) is 9.35. The van der Waals surface area contributed by atoms with Crippen molar-refractivity contribution in [2.75, 3.05) is 72.5 Å². The first-order chi connectivity index (χ1) is 23.7. The number of nitrogens with zero attached hydrogens (tertiary/aromatic N) is 1. The van der Waals surface area contributed by atoms with Crippen LogP contribution in [-0.4, -0.2) is 125 Å². The molecular weight excluding hydrogens is 725 g/mol. The van der Waals surface area contributed by atoms with Crippen LogP contribution in [0.3, 0.4) is 0 Å². The molecule has 0 heterocycles. The van der Waals surface area contributed by atoms with E-state index in [4.69, 9.17) is 27.6 Å². The molecule has 16 heteroatoms. The van der Waals surface area contributed by atoms with Crippen molar-refractivity contribution < 1.29 is 54.9 Å². The lowest BCUT2D eigenvalue weighted by atomic mass is 9.60. The normalized spacial score (nSPS) is 19.5. The monoisotopic (exact) mass is 795 g/mol. The van der Waals surface area contributed by atoms with Crippen LogP contribution >= 0.6 is 0 Å². The highest BCUT2D eigenvalue weighted by molar-refractivity contribution is 7.85. The number of carbonyl (C=O) groups excluding carboxylic acids is 3. The fourth-order valence-electron chi connectivity index (χ4n) is 7.49. The van der Waals surface area contributed by atoms with Crippen LogP contribution < -0.4 is 5.32 Å². The maximum absolute atomic E-state index is 12.8. The SMILES string of the molecule is C=C(C)C(=O)OCCOCCC[Si](C)(C)O[Si](C)(C)CCCOC(=O)NCC1(C)CC(CC(=O)OCC[N+](C)(C)CCCS(=O)(=O)O)CC(C)(C)C1. The molecule has 52 heavy (non-hydrogen) atoms. The number of alkyl carbamates (subject to hydrolysis) is 1. The average Bonchev–Trinajstić information content (AvgIpc) is 2.95. The number of quaternary nitrogens is 1. The summed E-state index contributed by atoms with van der Waals surface area (Å²) in [5.41, 5.74) is 0.176. The zero-order valence-electron chi connectivity index (χ0n) is 33.9. The minimum Gasteiger partial charge on any atom is -0.460 e. The van der Waals surface area contributed by atoms with Gasteiger partial charge in [-0.3, -0.25) is 9.35 Å². The molecule has 0 aromatic carbocycles. The Morgan fingerprint density at radius 1 is 0.865 bits per heavy atom. The van der Waals surface area contributed by atoms with E-state index in [1.54, 1.807) is 6.92 Å². The molecule has 13 nitrogen and oxygen atoms in total. The molecule has 0 saturated heterocycles. The van der Waals surface area contributed by atoms with E-state index < -0.39 is 38.8 Å².